The van der Waals surface area contributed by atoms with E-state index in [2.05, 4.69) is 10.5 Å². The van der Waals surface area contributed by atoms with Gasteiger partial charge in [-0.1, -0.05) is 46.9 Å². The van der Waals surface area contributed by atoms with Gasteiger partial charge in [-0.2, -0.15) is 5.10 Å². The lowest BCUT2D eigenvalue weighted by Crippen LogP contribution is -2.00. The fraction of sp³-hybridized carbons (Fsp3) is 0.0714. The van der Waals surface area contributed by atoms with E-state index in [1.165, 1.54) is 0 Å². The van der Waals surface area contributed by atoms with Crippen LogP contribution in [0.5, 0.6) is 0 Å². The van der Waals surface area contributed by atoms with Crippen molar-refractivity contribution >= 4 is 46.2 Å². The number of hydrogen-bond acceptors (Lipinski definition) is 2. The van der Waals surface area contributed by atoms with Gasteiger partial charge < -0.3 is 0 Å². The molecular formula is C14H11Cl3N2. The Balaban J connectivity index is 2.19. The molecule has 0 saturated heterocycles. The molecule has 0 radical (unpaired) electrons. The Kier molecular flexibility index (Phi) is 4.70. The third-order valence-electron chi connectivity index (χ3n) is 2.50. The second-order valence-electron chi connectivity index (χ2n) is 3.94. The van der Waals surface area contributed by atoms with Gasteiger partial charge in [0, 0.05) is 15.6 Å². The number of hydrogen-bond donors (Lipinski definition) is 1. The van der Waals surface area contributed by atoms with Crippen LogP contribution >= 0.6 is 34.8 Å². The highest BCUT2D eigenvalue weighted by molar-refractivity contribution is 6.37. The molecule has 0 heterocycles. The van der Waals surface area contributed by atoms with E-state index in [9.17, 15) is 0 Å². The summed E-state index contributed by atoms with van der Waals surface area (Å²) in [6.07, 6.45) is 0. The van der Waals surface area contributed by atoms with Crippen LogP contribution in [0.4, 0.5) is 5.69 Å². The van der Waals surface area contributed by atoms with Gasteiger partial charge in [0.25, 0.3) is 0 Å². The average Bonchev–Trinajstić information content (AvgIpc) is 2.36. The van der Waals surface area contributed by atoms with Crippen LogP contribution in [0.1, 0.15) is 12.5 Å². The van der Waals surface area contributed by atoms with Crippen molar-refractivity contribution < 1.29 is 0 Å². The molecule has 0 atom stereocenters. The highest BCUT2D eigenvalue weighted by Gasteiger charge is 2.04. The van der Waals surface area contributed by atoms with E-state index in [4.69, 9.17) is 34.8 Å². The van der Waals surface area contributed by atoms with Gasteiger partial charge in [0.05, 0.1) is 16.4 Å². The second-order valence-corrected chi connectivity index (χ2v) is 5.22. The van der Waals surface area contributed by atoms with Gasteiger partial charge >= 0.3 is 0 Å². The Morgan fingerprint density at radius 3 is 2.42 bits per heavy atom. The molecule has 0 aliphatic rings. The molecule has 0 aliphatic heterocycles. The maximum absolute atomic E-state index is 6.12. The van der Waals surface area contributed by atoms with Gasteiger partial charge in [0.15, 0.2) is 0 Å². The topological polar surface area (TPSA) is 24.4 Å². The molecule has 0 saturated carbocycles. The Morgan fingerprint density at radius 1 is 1.00 bits per heavy atom. The predicted molar refractivity (Wildman–Crippen MR) is 83.7 cm³/mol. The van der Waals surface area contributed by atoms with Crippen LogP contribution in [0.25, 0.3) is 0 Å². The summed E-state index contributed by atoms with van der Waals surface area (Å²) in [6.45, 7) is 1.87. The Hall–Kier alpha value is -1.22. The molecule has 2 aromatic rings. The van der Waals surface area contributed by atoms with Crippen LogP contribution in [-0.4, -0.2) is 5.71 Å². The molecule has 0 fully saturated rings. The Labute approximate surface area is 127 Å². The number of nitrogens with zero attached hydrogens (tertiary/aromatic N) is 1. The molecule has 2 rings (SSSR count). The van der Waals surface area contributed by atoms with Crippen LogP contribution in [0.15, 0.2) is 47.6 Å². The standard InChI is InChI=1S/C14H11Cl3N2/c1-9(13-6-5-11(16)8-14(13)17)18-19-12-4-2-3-10(15)7-12/h2-8,19H,1H3. The molecule has 0 aliphatic carbocycles. The third-order valence-corrected chi connectivity index (χ3v) is 3.28. The summed E-state index contributed by atoms with van der Waals surface area (Å²) >= 11 is 17.9. The number of hydrazone groups is 1. The van der Waals surface area contributed by atoms with Gasteiger partial charge in [0.2, 0.25) is 0 Å². The first-order valence-electron chi connectivity index (χ1n) is 5.57. The van der Waals surface area contributed by atoms with Crippen molar-refractivity contribution in [2.45, 2.75) is 6.92 Å². The summed E-state index contributed by atoms with van der Waals surface area (Å²) in [5, 5.41) is 6.10. The molecule has 98 valence electrons. The molecule has 0 unspecified atom stereocenters. The average molecular weight is 314 g/mol. The van der Waals surface area contributed by atoms with Crippen molar-refractivity contribution in [2.24, 2.45) is 5.10 Å². The fourth-order valence-corrected chi connectivity index (χ4v) is 2.29. The number of halogens is 3. The molecule has 0 bridgehead atoms. The van der Waals surface area contributed by atoms with Crippen LogP contribution in [0.2, 0.25) is 15.1 Å². The van der Waals surface area contributed by atoms with Crippen LogP contribution in [0, 0.1) is 0 Å². The van der Waals surface area contributed by atoms with E-state index in [-0.39, 0.29) is 0 Å². The lowest BCUT2D eigenvalue weighted by Gasteiger charge is -2.06. The first-order valence-corrected chi connectivity index (χ1v) is 6.71. The van der Waals surface area contributed by atoms with E-state index < -0.39 is 0 Å². The number of benzene rings is 2. The summed E-state index contributed by atoms with van der Waals surface area (Å²) in [4.78, 5) is 0. The predicted octanol–water partition coefficient (Wildman–Crippen LogP) is 5.48. The summed E-state index contributed by atoms with van der Waals surface area (Å²) in [5.74, 6) is 0. The number of nitrogens with one attached hydrogen (secondary N) is 1. The smallest absolute Gasteiger partial charge is 0.0663 e. The number of rotatable bonds is 3. The zero-order valence-electron chi connectivity index (χ0n) is 10.1. The lowest BCUT2D eigenvalue weighted by atomic mass is 10.1. The highest BCUT2D eigenvalue weighted by atomic mass is 35.5. The molecule has 0 amide bonds. The largest absolute Gasteiger partial charge is 0.278 e. The minimum Gasteiger partial charge on any atom is -0.278 e. The second kappa shape index (κ2) is 6.29. The minimum absolute atomic E-state index is 0.571. The Bertz CT molecular complexity index is 624. The molecule has 0 spiro atoms. The molecule has 1 N–H and O–H groups in total. The summed E-state index contributed by atoms with van der Waals surface area (Å²) < 4.78 is 0. The zero-order valence-corrected chi connectivity index (χ0v) is 12.4. The summed E-state index contributed by atoms with van der Waals surface area (Å²) in [6, 6.07) is 12.6. The monoisotopic (exact) mass is 312 g/mol. The normalized spacial score (nSPS) is 11.5. The van der Waals surface area contributed by atoms with Gasteiger partial charge in [-0.25, -0.2) is 0 Å². The molecule has 2 aromatic carbocycles. The van der Waals surface area contributed by atoms with Gasteiger partial charge in [-0.3, -0.25) is 5.43 Å². The first kappa shape index (κ1) is 14.2. The van der Waals surface area contributed by atoms with E-state index in [0.717, 1.165) is 17.0 Å². The highest BCUT2D eigenvalue weighted by Crippen LogP contribution is 2.22. The van der Waals surface area contributed by atoms with E-state index >= 15 is 0 Å². The molecule has 5 heteroatoms. The minimum atomic E-state index is 0.571. The molecule has 19 heavy (non-hydrogen) atoms. The van der Waals surface area contributed by atoms with E-state index in [1.54, 1.807) is 24.3 Å². The van der Waals surface area contributed by atoms with E-state index in [0.29, 0.717) is 15.1 Å². The van der Waals surface area contributed by atoms with Gasteiger partial charge in [0.1, 0.15) is 0 Å². The van der Waals surface area contributed by atoms with Crippen LogP contribution < -0.4 is 5.43 Å². The van der Waals surface area contributed by atoms with Crippen LogP contribution in [0.3, 0.4) is 0 Å². The molecule has 0 aromatic heterocycles. The van der Waals surface area contributed by atoms with Gasteiger partial charge in [-0.05, 0) is 37.3 Å². The lowest BCUT2D eigenvalue weighted by molar-refractivity contribution is 1.32. The van der Waals surface area contributed by atoms with Crippen molar-refractivity contribution in [1.29, 1.82) is 0 Å². The molecular weight excluding hydrogens is 303 g/mol. The van der Waals surface area contributed by atoms with Crippen molar-refractivity contribution in [1.82, 2.24) is 0 Å². The van der Waals surface area contributed by atoms with E-state index in [1.807, 2.05) is 25.1 Å². The third kappa shape index (κ3) is 3.87. The summed E-state index contributed by atoms with van der Waals surface area (Å²) in [7, 11) is 0. The van der Waals surface area contributed by atoms with Crippen molar-refractivity contribution in [3.8, 4) is 0 Å². The maximum Gasteiger partial charge on any atom is 0.0663 e. The quantitative estimate of drug-likeness (QED) is 0.588. The van der Waals surface area contributed by atoms with Crippen molar-refractivity contribution in [3.63, 3.8) is 0 Å². The Morgan fingerprint density at radius 2 is 1.74 bits per heavy atom. The first-order chi connectivity index (χ1) is 9.06. The van der Waals surface area contributed by atoms with Gasteiger partial charge in [-0.15, -0.1) is 0 Å². The SMILES string of the molecule is CC(=NNc1cccc(Cl)c1)c1ccc(Cl)cc1Cl. The van der Waals surface area contributed by atoms with Crippen LogP contribution in [-0.2, 0) is 0 Å². The number of anilines is 1. The van der Waals surface area contributed by atoms with Crippen molar-refractivity contribution in [2.75, 3.05) is 5.43 Å². The maximum atomic E-state index is 6.12. The summed E-state index contributed by atoms with van der Waals surface area (Å²) in [5.41, 5.74) is 5.35. The zero-order chi connectivity index (χ0) is 13.8. The molecule has 2 nitrogen and oxygen atoms in total. The fourth-order valence-electron chi connectivity index (χ4n) is 1.55. The van der Waals surface area contributed by atoms with Crippen molar-refractivity contribution in [3.05, 3.63) is 63.1 Å².